The molecule has 1 aliphatic rings. The molecule has 34 heavy (non-hydrogen) atoms. The summed E-state index contributed by atoms with van der Waals surface area (Å²) in [6.07, 6.45) is 3.15. The maximum atomic E-state index is 10.8. The van der Waals surface area contributed by atoms with Crippen LogP contribution < -0.4 is 14.6 Å². The van der Waals surface area contributed by atoms with Crippen LogP contribution in [0.2, 0.25) is 0 Å². The molecule has 1 fully saturated rings. The molecule has 9 heteroatoms. The Morgan fingerprint density at radius 1 is 1.12 bits per heavy atom. The maximum absolute atomic E-state index is 10.8. The van der Waals surface area contributed by atoms with Crippen LogP contribution in [0.1, 0.15) is 60.5 Å². The first-order chi connectivity index (χ1) is 16.2. The predicted octanol–water partition coefficient (Wildman–Crippen LogP) is 2.50. The Labute approximate surface area is 202 Å². The van der Waals surface area contributed by atoms with Gasteiger partial charge in [-0.25, -0.2) is 9.86 Å². The van der Waals surface area contributed by atoms with Crippen LogP contribution in [0.5, 0.6) is 5.75 Å². The molecule has 5 N–H and O–H groups in total. The zero-order valence-corrected chi connectivity index (χ0v) is 20.5. The summed E-state index contributed by atoms with van der Waals surface area (Å²) in [5.41, 5.74) is 4.58. The molecule has 1 aliphatic heterocycles. The molecule has 3 atom stereocenters. The van der Waals surface area contributed by atoms with E-state index in [-0.39, 0.29) is 18.8 Å². The van der Waals surface area contributed by atoms with E-state index >= 15 is 0 Å². The SMILES string of the molecule is Cc1ccc(C2CC(O)CC(CO)O2)cc1Cc1ccc(OCCCCCNS(N)(=O)=O)cc1. The molecule has 1 saturated heterocycles. The van der Waals surface area contributed by atoms with E-state index in [0.717, 1.165) is 30.6 Å². The van der Waals surface area contributed by atoms with Crippen LogP contribution in [-0.2, 0) is 21.4 Å². The molecule has 3 unspecified atom stereocenters. The lowest BCUT2D eigenvalue weighted by Gasteiger charge is -2.32. The summed E-state index contributed by atoms with van der Waals surface area (Å²) in [4.78, 5) is 0. The highest BCUT2D eigenvalue weighted by Crippen LogP contribution is 2.32. The third-order valence-electron chi connectivity index (χ3n) is 6.04. The molecule has 0 bridgehead atoms. The number of rotatable bonds is 12. The van der Waals surface area contributed by atoms with E-state index in [2.05, 4.69) is 35.9 Å². The largest absolute Gasteiger partial charge is 0.494 e. The van der Waals surface area contributed by atoms with Gasteiger partial charge < -0.3 is 19.7 Å². The number of nitrogens with one attached hydrogen (secondary N) is 1. The Bertz CT molecular complexity index is 1010. The van der Waals surface area contributed by atoms with Crippen LogP contribution in [0, 0.1) is 6.92 Å². The lowest BCUT2D eigenvalue weighted by atomic mass is 9.92. The van der Waals surface area contributed by atoms with Gasteiger partial charge in [0, 0.05) is 19.4 Å². The van der Waals surface area contributed by atoms with E-state index in [0.29, 0.717) is 32.4 Å². The van der Waals surface area contributed by atoms with Crippen LogP contribution in [0.3, 0.4) is 0 Å². The molecule has 0 saturated carbocycles. The lowest BCUT2D eigenvalue weighted by Crippen LogP contribution is -2.33. The summed E-state index contributed by atoms with van der Waals surface area (Å²) in [5, 5.41) is 24.5. The summed E-state index contributed by atoms with van der Waals surface area (Å²) in [5.74, 6) is 0.802. The van der Waals surface area contributed by atoms with Crippen molar-refractivity contribution in [2.75, 3.05) is 19.8 Å². The van der Waals surface area contributed by atoms with Crippen LogP contribution in [0.15, 0.2) is 42.5 Å². The summed E-state index contributed by atoms with van der Waals surface area (Å²) in [7, 11) is -3.61. The number of unbranched alkanes of at least 4 members (excludes halogenated alkanes) is 2. The van der Waals surface area contributed by atoms with Gasteiger partial charge in [-0.3, -0.25) is 0 Å². The topological polar surface area (TPSA) is 131 Å². The first kappa shape index (κ1) is 26.6. The van der Waals surface area contributed by atoms with E-state index in [4.69, 9.17) is 14.6 Å². The predicted molar refractivity (Wildman–Crippen MR) is 131 cm³/mol. The van der Waals surface area contributed by atoms with Gasteiger partial charge in [0.2, 0.25) is 0 Å². The van der Waals surface area contributed by atoms with Crippen molar-refractivity contribution in [1.29, 1.82) is 0 Å². The number of aryl methyl sites for hydroxylation is 1. The number of ether oxygens (including phenoxy) is 2. The summed E-state index contributed by atoms with van der Waals surface area (Å²) >= 11 is 0. The zero-order valence-electron chi connectivity index (χ0n) is 19.7. The van der Waals surface area contributed by atoms with Gasteiger partial charge in [-0.15, -0.1) is 0 Å². The van der Waals surface area contributed by atoms with Crippen molar-refractivity contribution in [3.63, 3.8) is 0 Å². The maximum Gasteiger partial charge on any atom is 0.274 e. The smallest absolute Gasteiger partial charge is 0.274 e. The van der Waals surface area contributed by atoms with Crippen molar-refractivity contribution in [2.45, 2.75) is 63.8 Å². The van der Waals surface area contributed by atoms with Crippen molar-refractivity contribution in [3.8, 4) is 5.75 Å². The molecule has 1 heterocycles. The van der Waals surface area contributed by atoms with E-state index in [1.807, 2.05) is 18.2 Å². The average Bonchev–Trinajstić information content (AvgIpc) is 2.79. The molecular formula is C25H36N2O6S. The Hall–Kier alpha value is -2.01. The minimum Gasteiger partial charge on any atom is -0.494 e. The van der Waals surface area contributed by atoms with E-state index in [1.165, 1.54) is 16.7 Å². The van der Waals surface area contributed by atoms with Gasteiger partial charge in [-0.05, 0) is 67.0 Å². The fraction of sp³-hybridized carbons (Fsp3) is 0.520. The molecule has 188 valence electrons. The normalized spacial score (nSPS) is 20.9. The van der Waals surface area contributed by atoms with Crippen LogP contribution in [0.4, 0.5) is 0 Å². The number of hydrogen-bond acceptors (Lipinski definition) is 6. The highest BCUT2D eigenvalue weighted by Gasteiger charge is 2.29. The molecule has 0 spiro atoms. The van der Waals surface area contributed by atoms with Crippen molar-refractivity contribution < 1.29 is 28.1 Å². The molecule has 0 amide bonds. The van der Waals surface area contributed by atoms with Gasteiger partial charge in [0.15, 0.2) is 0 Å². The fourth-order valence-electron chi connectivity index (χ4n) is 4.14. The Kier molecular flexibility index (Phi) is 9.87. The van der Waals surface area contributed by atoms with E-state index in [9.17, 15) is 18.6 Å². The minimum absolute atomic E-state index is 0.0868. The summed E-state index contributed by atoms with van der Waals surface area (Å²) in [6, 6.07) is 14.3. The van der Waals surface area contributed by atoms with Crippen molar-refractivity contribution in [3.05, 3.63) is 64.7 Å². The van der Waals surface area contributed by atoms with Gasteiger partial charge in [0.25, 0.3) is 10.2 Å². The number of hydrogen-bond donors (Lipinski definition) is 4. The highest BCUT2D eigenvalue weighted by molar-refractivity contribution is 7.87. The van der Waals surface area contributed by atoms with Crippen molar-refractivity contribution in [1.82, 2.24) is 4.72 Å². The quantitative estimate of drug-likeness (QED) is 0.337. The number of benzene rings is 2. The van der Waals surface area contributed by atoms with E-state index < -0.39 is 16.3 Å². The third-order valence-corrected chi connectivity index (χ3v) is 6.64. The first-order valence-electron chi connectivity index (χ1n) is 11.8. The lowest BCUT2D eigenvalue weighted by molar-refractivity contribution is -0.113. The summed E-state index contributed by atoms with van der Waals surface area (Å²) in [6.45, 7) is 2.90. The molecule has 2 aromatic rings. The van der Waals surface area contributed by atoms with Gasteiger partial charge in [0.05, 0.1) is 31.5 Å². The minimum atomic E-state index is -3.61. The Morgan fingerprint density at radius 2 is 1.88 bits per heavy atom. The van der Waals surface area contributed by atoms with Crippen molar-refractivity contribution >= 4 is 10.2 Å². The van der Waals surface area contributed by atoms with Gasteiger partial charge >= 0.3 is 0 Å². The molecule has 8 nitrogen and oxygen atoms in total. The standard InChI is InChI=1S/C25H36N2O6S/c1-18-5-8-20(25-16-22(29)15-24(17-28)33-25)14-21(18)13-19-6-9-23(10-7-19)32-12-4-2-3-11-27-34(26,30)31/h5-10,14,22,24-25,27-29H,2-4,11-13,15-17H2,1H3,(H2,26,30,31). The Morgan fingerprint density at radius 3 is 2.59 bits per heavy atom. The molecule has 0 aromatic heterocycles. The number of nitrogens with two attached hydrogens (primary N) is 1. The van der Waals surface area contributed by atoms with Gasteiger partial charge in [0.1, 0.15) is 5.75 Å². The monoisotopic (exact) mass is 492 g/mol. The van der Waals surface area contributed by atoms with Crippen LogP contribution in [0.25, 0.3) is 0 Å². The average molecular weight is 493 g/mol. The molecular weight excluding hydrogens is 456 g/mol. The van der Waals surface area contributed by atoms with Crippen LogP contribution in [-0.4, -0.2) is 50.6 Å². The molecule has 3 rings (SSSR count). The molecule has 2 aromatic carbocycles. The first-order valence-corrected chi connectivity index (χ1v) is 13.3. The zero-order chi connectivity index (χ0) is 24.6. The fourth-order valence-corrected chi connectivity index (χ4v) is 4.57. The second-order valence-corrected chi connectivity index (χ2v) is 10.3. The van der Waals surface area contributed by atoms with Gasteiger partial charge in [-0.1, -0.05) is 30.3 Å². The van der Waals surface area contributed by atoms with Crippen LogP contribution >= 0.6 is 0 Å². The van der Waals surface area contributed by atoms with Gasteiger partial charge in [-0.2, -0.15) is 8.42 Å². The summed E-state index contributed by atoms with van der Waals surface area (Å²) < 4.78 is 35.7. The van der Waals surface area contributed by atoms with Crippen molar-refractivity contribution in [2.24, 2.45) is 5.14 Å². The van der Waals surface area contributed by atoms with E-state index in [1.54, 1.807) is 0 Å². The molecule has 0 aliphatic carbocycles. The Balaban J connectivity index is 1.49. The highest BCUT2D eigenvalue weighted by atomic mass is 32.2. The number of aliphatic hydroxyl groups excluding tert-OH is 2. The third kappa shape index (κ3) is 8.65. The number of aliphatic hydroxyl groups is 2. The molecule has 0 radical (unpaired) electrons. The second kappa shape index (κ2) is 12.6. The second-order valence-electron chi connectivity index (χ2n) is 8.91.